The van der Waals surface area contributed by atoms with Crippen molar-refractivity contribution in [1.82, 2.24) is 0 Å². The summed E-state index contributed by atoms with van der Waals surface area (Å²) in [5.41, 5.74) is -5.26. The van der Waals surface area contributed by atoms with Crippen molar-refractivity contribution in [2.75, 3.05) is 4.72 Å². The first-order valence-electron chi connectivity index (χ1n) is 7.09. The number of rotatable bonds is 7. The van der Waals surface area contributed by atoms with Crippen molar-refractivity contribution < 1.29 is 26.4 Å². The van der Waals surface area contributed by atoms with Gasteiger partial charge in [-0.15, -0.1) is 0 Å². The van der Waals surface area contributed by atoms with Gasteiger partial charge in [-0.2, -0.15) is 21.6 Å². The fourth-order valence-corrected chi connectivity index (χ4v) is 2.44. The molecule has 0 aliphatic carbocycles. The second-order valence-electron chi connectivity index (χ2n) is 5.18. The quantitative estimate of drug-likeness (QED) is 0.553. The van der Waals surface area contributed by atoms with E-state index in [2.05, 4.69) is 5.16 Å². The van der Waals surface area contributed by atoms with Gasteiger partial charge in [-0.1, -0.05) is 30.1 Å². The highest BCUT2D eigenvalue weighted by Crippen LogP contribution is 2.29. The molecule has 0 atom stereocenters. The molecule has 0 aliphatic rings. The van der Waals surface area contributed by atoms with E-state index in [1.807, 2.05) is 6.92 Å². The Morgan fingerprint density at radius 3 is 2.50 bits per heavy atom. The number of nitrogens with zero attached hydrogens (tertiary/aromatic N) is 1. The van der Waals surface area contributed by atoms with E-state index in [0.717, 1.165) is 6.07 Å². The molecular weight excluding hydrogens is 369 g/mol. The second kappa shape index (κ2) is 8.06. The Hall–Kier alpha value is -1.48. The van der Waals surface area contributed by atoms with Gasteiger partial charge in [-0.05, 0) is 38.5 Å². The lowest BCUT2D eigenvalue weighted by Crippen LogP contribution is -2.30. The summed E-state index contributed by atoms with van der Waals surface area (Å²) >= 11 is 5.89. The van der Waals surface area contributed by atoms with Gasteiger partial charge in [-0.25, -0.2) is 0 Å². The van der Waals surface area contributed by atoms with Crippen molar-refractivity contribution in [2.45, 2.75) is 45.2 Å². The number of oxime groups is 1. The van der Waals surface area contributed by atoms with Gasteiger partial charge in [-0.3, -0.25) is 4.72 Å². The molecule has 0 radical (unpaired) electrons. The van der Waals surface area contributed by atoms with Crippen LogP contribution in [0.15, 0.2) is 23.4 Å². The van der Waals surface area contributed by atoms with Gasteiger partial charge in [0.1, 0.15) is 6.10 Å². The normalized spacial score (nSPS) is 13.2. The maximum Gasteiger partial charge on any atom is 0.516 e. The second-order valence-corrected chi connectivity index (χ2v) is 7.29. The van der Waals surface area contributed by atoms with Crippen LogP contribution in [0.5, 0.6) is 0 Å². The van der Waals surface area contributed by atoms with Crippen LogP contribution in [0.4, 0.5) is 18.9 Å². The van der Waals surface area contributed by atoms with E-state index in [1.165, 1.54) is 16.9 Å². The molecule has 0 saturated carbocycles. The highest BCUT2D eigenvalue weighted by Gasteiger charge is 2.46. The maximum absolute atomic E-state index is 12.6. The first-order valence-corrected chi connectivity index (χ1v) is 8.95. The molecule has 1 rings (SSSR count). The number of benzene rings is 1. The van der Waals surface area contributed by atoms with Gasteiger partial charge in [0.25, 0.3) is 0 Å². The molecule has 0 bridgehead atoms. The molecule has 10 heteroatoms. The van der Waals surface area contributed by atoms with Crippen molar-refractivity contribution >= 4 is 33.0 Å². The molecule has 0 spiro atoms. The van der Waals surface area contributed by atoms with Gasteiger partial charge in [0.2, 0.25) is 0 Å². The van der Waals surface area contributed by atoms with E-state index in [0.29, 0.717) is 18.6 Å². The van der Waals surface area contributed by atoms with Gasteiger partial charge in [0.05, 0.1) is 11.4 Å². The fraction of sp³-hybridized carbons (Fsp3) is 0.500. The summed E-state index contributed by atoms with van der Waals surface area (Å²) in [6, 6.07) is 3.78. The molecule has 0 unspecified atom stereocenters. The maximum atomic E-state index is 12.6. The third-order valence-electron chi connectivity index (χ3n) is 2.70. The molecule has 24 heavy (non-hydrogen) atoms. The minimum Gasteiger partial charge on any atom is -0.393 e. The van der Waals surface area contributed by atoms with E-state index < -0.39 is 15.5 Å². The van der Waals surface area contributed by atoms with Crippen LogP contribution in [0.3, 0.4) is 0 Å². The Bertz CT molecular complexity index is 704. The van der Waals surface area contributed by atoms with E-state index in [1.54, 1.807) is 13.8 Å². The SMILES string of the molecule is CCCC(=NOC(C)C)c1cc(Cl)ccc1NS(=O)(=O)C(F)(F)F. The van der Waals surface area contributed by atoms with Crippen molar-refractivity contribution in [1.29, 1.82) is 0 Å². The van der Waals surface area contributed by atoms with Gasteiger partial charge in [0.15, 0.2) is 0 Å². The molecule has 136 valence electrons. The zero-order chi connectivity index (χ0) is 18.5. The highest BCUT2D eigenvalue weighted by atomic mass is 35.5. The van der Waals surface area contributed by atoms with Gasteiger partial charge < -0.3 is 4.84 Å². The molecule has 0 saturated heterocycles. The highest BCUT2D eigenvalue weighted by molar-refractivity contribution is 7.93. The Morgan fingerprint density at radius 1 is 1.38 bits per heavy atom. The van der Waals surface area contributed by atoms with E-state index >= 15 is 0 Å². The molecule has 1 aromatic carbocycles. The van der Waals surface area contributed by atoms with E-state index in [-0.39, 0.29) is 22.4 Å². The van der Waals surface area contributed by atoms with Crippen LogP contribution in [0.25, 0.3) is 0 Å². The molecule has 0 aliphatic heterocycles. The monoisotopic (exact) mass is 386 g/mol. The lowest BCUT2D eigenvalue weighted by Gasteiger charge is -2.16. The smallest absolute Gasteiger partial charge is 0.393 e. The largest absolute Gasteiger partial charge is 0.516 e. The van der Waals surface area contributed by atoms with Crippen molar-refractivity contribution in [3.05, 3.63) is 28.8 Å². The zero-order valence-corrected chi connectivity index (χ0v) is 14.9. The van der Waals surface area contributed by atoms with Crippen LogP contribution in [-0.2, 0) is 14.9 Å². The number of hydrogen-bond donors (Lipinski definition) is 1. The van der Waals surface area contributed by atoms with Crippen LogP contribution in [0, 0.1) is 0 Å². The summed E-state index contributed by atoms with van der Waals surface area (Å²) in [6.07, 6.45) is 0.748. The Morgan fingerprint density at radius 2 is 2.00 bits per heavy atom. The molecule has 0 heterocycles. The van der Waals surface area contributed by atoms with Crippen molar-refractivity contribution in [3.63, 3.8) is 0 Å². The summed E-state index contributed by atoms with van der Waals surface area (Å²) in [5.74, 6) is 0. The average molecular weight is 387 g/mol. The van der Waals surface area contributed by atoms with Gasteiger partial charge >= 0.3 is 15.5 Å². The summed E-state index contributed by atoms with van der Waals surface area (Å²) in [7, 11) is -5.55. The average Bonchev–Trinajstić information content (AvgIpc) is 2.44. The minimum absolute atomic E-state index is 0.137. The molecule has 1 N–H and O–H groups in total. The van der Waals surface area contributed by atoms with Crippen molar-refractivity contribution in [2.24, 2.45) is 5.16 Å². The molecule has 0 fully saturated rings. The summed E-state index contributed by atoms with van der Waals surface area (Å²) in [5, 5.41) is 4.15. The van der Waals surface area contributed by atoms with Gasteiger partial charge in [0, 0.05) is 10.6 Å². The predicted molar refractivity (Wildman–Crippen MR) is 87.7 cm³/mol. The summed E-state index contributed by atoms with van der Waals surface area (Å²) in [6.45, 7) is 5.31. The van der Waals surface area contributed by atoms with E-state index in [4.69, 9.17) is 16.4 Å². The number of sulfonamides is 1. The molecule has 0 amide bonds. The first-order chi connectivity index (χ1) is 11.0. The molecule has 1 aromatic rings. The first kappa shape index (κ1) is 20.6. The third-order valence-corrected chi connectivity index (χ3v) is 4.04. The summed E-state index contributed by atoms with van der Waals surface area (Å²) < 4.78 is 62.1. The Kier molecular flexibility index (Phi) is 6.91. The molecular formula is C14H18ClF3N2O3S. The van der Waals surface area contributed by atoms with Crippen LogP contribution in [-0.4, -0.2) is 25.7 Å². The van der Waals surface area contributed by atoms with Crippen LogP contribution in [0.1, 0.15) is 39.2 Å². The molecule has 5 nitrogen and oxygen atoms in total. The summed E-state index contributed by atoms with van der Waals surface area (Å²) in [4.78, 5) is 5.15. The minimum atomic E-state index is -5.55. The third kappa shape index (κ3) is 5.55. The van der Waals surface area contributed by atoms with Crippen LogP contribution in [0.2, 0.25) is 5.02 Å². The number of alkyl halides is 3. The van der Waals surface area contributed by atoms with Crippen LogP contribution < -0.4 is 4.72 Å². The number of nitrogens with one attached hydrogen (secondary N) is 1. The fourth-order valence-electron chi connectivity index (χ4n) is 1.68. The van der Waals surface area contributed by atoms with E-state index in [9.17, 15) is 21.6 Å². The zero-order valence-electron chi connectivity index (χ0n) is 13.3. The topological polar surface area (TPSA) is 67.8 Å². The molecule has 0 aromatic heterocycles. The Labute approximate surface area is 143 Å². The standard InChI is InChI=1S/C14H18ClF3N2O3S/c1-4-5-12(19-23-9(2)3)11-8-10(15)6-7-13(11)20-24(21,22)14(16,17)18/h6-9,20H,4-5H2,1-3H3. The Balaban J connectivity index is 3.36. The van der Waals surface area contributed by atoms with Crippen LogP contribution >= 0.6 is 11.6 Å². The lowest BCUT2D eigenvalue weighted by molar-refractivity contribution is -0.0429. The number of halogens is 4. The number of anilines is 1. The lowest BCUT2D eigenvalue weighted by atomic mass is 10.0. The number of hydrogen-bond acceptors (Lipinski definition) is 4. The van der Waals surface area contributed by atoms with Crippen molar-refractivity contribution in [3.8, 4) is 0 Å². The predicted octanol–water partition coefficient (Wildman–Crippen LogP) is 4.53.